The monoisotopic (exact) mass is 196 g/mol. The third-order valence-corrected chi connectivity index (χ3v) is 1.30. The average molecular weight is 196 g/mol. The molecule has 14 heavy (non-hydrogen) atoms. The van der Waals surface area contributed by atoms with Crippen molar-refractivity contribution in [3.8, 4) is 11.8 Å². The molecule has 1 rings (SSSR count). The maximum Gasteiger partial charge on any atom is 0.300 e. The molecule has 72 valence electrons. The van der Waals surface area contributed by atoms with Crippen LogP contribution >= 0.6 is 0 Å². The van der Waals surface area contributed by atoms with Gasteiger partial charge in [-0.1, -0.05) is 5.92 Å². The van der Waals surface area contributed by atoms with Gasteiger partial charge in [-0.3, -0.25) is 4.79 Å². The van der Waals surface area contributed by atoms with E-state index < -0.39 is 17.8 Å². The molecule has 0 atom stereocenters. The number of amides is 1. The first-order chi connectivity index (χ1) is 6.63. The maximum absolute atomic E-state index is 12.8. The first kappa shape index (κ1) is 10.1. The molecule has 0 aliphatic rings. The van der Waals surface area contributed by atoms with Gasteiger partial charge >= 0.3 is 0 Å². The molecular weight excluding hydrogens is 190 g/mol. The third-order valence-electron chi connectivity index (χ3n) is 1.30. The van der Waals surface area contributed by atoms with Crippen molar-refractivity contribution in [3.05, 3.63) is 24.0 Å². The highest BCUT2D eigenvalue weighted by Gasteiger charge is 2.06. The zero-order chi connectivity index (χ0) is 10.6. The van der Waals surface area contributed by atoms with Gasteiger partial charge in [0.25, 0.3) is 5.91 Å². The van der Waals surface area contributed by atoms with Crippen LogP contribution in [-0.4, -0.2) is 10.9 Å². The Hall–Kier alpha value is -1.96. The second-order valence-electron chi connectivity index (χ2n) is 2.30. The fourth-order valence-electron chi connectivity index (χ4n) is 0.772. The Kier molecular flexibility index (Phi) is 3.13. The minimum Gasteiger partial charge on any atom is -0.311 e. The Morgan fingerprint density at radius 2 is 2.21 bits per heavy atom. The van der Waals surface area contributed by atoms with Crippen molar-refractivity contribution in [3.63, 3.8) is 0 Å². The molecule has 1 aromatic heterocycles. The van der Waals surface area contributed by atoms with Crippen molar-refractivity contribution >= 4 is 11.6 Å². The van der Waals surface area contributed by atoms with E-state index in [4.69, 9.17) is 0 Å². The summed E-state index contributed by atoms with van der Waals surface area (Å²) in [6.45, 7) is 1.47. The van der Waals surface area contributed by atoms with Gasteiger partial charge in [-0.2, -0.15) is 13.8 Å². The lowest BCUT2D eigenvalue weighted by Gasteiger charge is -2.00. The summed E-state index contributed by atoms with van der Waals surface area (Å²) >= 11 is 0. The molecule has 0 aliphatic carbocycles. The number of nitrogens with one attached hydrogen (secondary N) is 1. The molecule has 1 heterocycles. The zero-order valence-electron chi connectivity index (χ0n) is 7.27. The Balaban J connectivity index is 2.85. The van der Waals surface area contributed by atoms with Crippen molar-refractivity contribution in [2.75, 3.05) is 5.32 Å². The van der Waals surface area contributed by atoms with Crippen LogP contribution in [0, 0.1) is 23.7 Å². The predicted molar refractivity (Wildman–Crippen MR) is 46.2 cm³/mol. The Bertz CT molecular complexity index is 421. The quantitative estimate of drug-likeness (QED) is 0.543. The number of hydrogen-bond acceptors (Lipinski definition) is 2. The largest absolute Gasteiger partial charge is 0.311 e. The lowest BCUT2D eigenvalue weighted by molar-refractivity contribution is -0.111. The highest BCUT2D eigenvalue weighted by molar-refractivity contribution is 6.03. The lowest BCUT2D eigenvalue weighted by atomic mass is 10.4. The fraction of sp³-hybridized carbons (Fsp3) is 0.111. The van der Waals surface area contributed by atoms with E-state index in [0.29, 0.717) is 0 Å². The molecule has 0 unspecified atom stereocenters. The van der Waals surface area contributed by atoms with Gasteiger partial charge in [0.05, 0.1) is 5.69 Å². The third kappa shape index (κ3) is 2.52. The Morgan fingerprint density at radius 1 is 1.50 bits per heavy atom. The van der Waals surface area contributed by atoms with Crippen molar-refractivity contribution in [1.29, 1.82) is 0 Å². The van der Waals surface area contributed by atoms with E-state index >= 15 is 0 Å². The van der Waals surface area contributed by atoms with Gasteiger partial charge in [0.15, 0.2) is 0 Å². The van der Waals surface area contributed by atoms with Crippen LogP contribution in [0.15, 0.2) is 12.1 Å². The van der Waals surface area contributed by atoms with Crippen LogP contribution in [0.4, 0.5) is 14.5 Å². The highest BCUT2D eigenvalue weighted by atomic mass is 19.1. The smallest absolute Gasteiger partial charge is 0.300 e. The van der Waals surface area contributed by atoms with Gasteiger partial charge in [0.2, 0.25) is 11.9 Å². The van der Waals surface area contributed by atoms with E-state index in [-0.39, 0.29) is 5.69 Å². The van der Waals surface area contributed by atoms with E-state index in [1.165, 1.54) is 6.92 Å². The molecule has 0 bridgehead atoms. The minimum absolute atomic E-state index is 0.195. The summed E-state index contributed by atoms with van der Waals surface area (Å²) in [5.41, 5.74) is -0.195. The predicted octanol–water partition coefficient (Wildman–Crippen LogP) is 1.32. The van der Waals surface area contributed by atoms with Crippen molar-refractivity contribution in [2.45, 2.75) is 6.92 Å². The summed E-state index contributed by atoms with van der Waals surface area (Å²) in [7, 11) is 0. The minimum atomic E-state index is -1.07. The standard InChI is InChI=1S/C9H6F2N2O/c1-2-3-8(14)12-6-4-5-7(10)13-9(6)11/h4-5H,1H3,(H,12,14). The number of pyridine rings is 1. The van der Waals surface area contributed by atoms with Gasteiger partial charge in [0, 0.05) is 0 Å². The van der Waals surface area contributed by atoms with Crippen LogP contribution in [0.2, 0.25) is 0 Å². The van der Waals surface area contributed by atoms with Crippen LogP contribution < -0.4 is 5.32 Å². The van der Waals surface area contributed by atoms with Crippen LogP contribution in [0.3, 0.4) is 0 Å². The molecule has 1 N–H and O–H groups in total. The number of rotatable bonds is 1. The second kappa shape index (κ2) is 4.33. The molecule has 1 aromatic rings. The molecule has 0 radical (unpaired) electrons. The number of halogens is 2. The van der Waals surface area contributed by atoms with Crippen molar-refractivity contribution in [1.82, 2.24) is 4.98 Å². The van der Waals surface area contributed by atoms with Crippen LogP contribution in [0.1, 0.15) is 6.92 Å². The van der Waals surface area contributed by atoms with Crippen molar-refractivity contribution in [2.24, 2.45) is 0 Å². The molecule has 5 heteroatoms. The van der Waals surface area contributed by atoms with Gasteiger partial charge < -0.3 is 5.32 Å². The topological polar surface area (TPSA) is 42.0 Å². The van der Waals surface area contributed by atoms with Crippen LogP contribution in [-0.2, 0) is 4.79 Å². The summed E-state index contributed by atoms with van der Waals surface area (Å²) in [5, 5.41) is 2.12. The molecule has 0 fully saturated rings. The summed E-state index contributed by atoms with van der Waals surface area (Å²) in [6, 6.07) is 2.02. The molecule has 0 aliphatic heterocycles. The number of carbonyl (C=O) groups excluding carboxylic acids is 1. The first-order valence-corrected chi connectivity index (χ1v) is 3.69. The number of carbonyl (C=O) groups is 1. The van der Waals surface area contributed by atoms with Crippen LogP contribution in [0.25, 0.3) is 0 Å². The molecule has 0 saturated carbocycles. The van der Waals surface area contributed by atoms with E-state index in [1.807, 2.05) is 0 Å². The van der Waals surface area contributed by atoms with E-state index in [9.17, 15) is 13.6 Å². The van der Waals surface area contributed by atoms with E-state index in [1.54, 1.807) is 0 Å². The average Bonchev–Trinajstić information content (AvgIpc) is 2.10. The van der Waals surface area contributed by atoms with Crippen molar-refractivity contribution < 1.29 is 13.6 Å². The highest BCUT2D eigenvalue weighted by Crippen LogP contribution is 2.10. The Morgan fingerprint density at radius 3 is 2.79 bits per heavy atom. The molecule has 1 amide bonds. The number of anilines is 1. The summed E-state index contributed by atoms with van der Waals surface area (Å²) in [5.74, 6) is 1.80. The summed E-state index contributed by atoms with van der Waals surface area (Å²) < 4.78 is 25.2. The normalized spacial score (nSPS) is 8.79. The molecule has 3 nitrogen and oxygen atoms in total. The van der Waals surface area contributed by atoms with Crippen LogP contribution in [0.5, 0.6) is 0 Å². The number of nitrogens with zero attached hydrogens (tertiary/aromatic N) is 1. The van der Waals surface area contributed by atoms with Gasteiger partial charge in [-0.15, -0.1) is 0 Å². The SMILES string of the molecule is CC#CC(=O)Nc1ccc(F)nc1F. The second-order valence-corrected chi connectivity index (χ2v) is 2.30. The molecule has 0 saturated heterocycles. The molecule has 0 spiro atoms. The zero-order valence-corrected chi connectivity index (χ0v) is 7.27. The van der Waals surface area contributed by atoms with E-state index in [0.717, 1.165) is 12.1 Å². The first-order valence-electron chi connectivity index (χ1n) is 3.69. The lowest BCUT2D eigenvalue weighted by Crippen LogP contribution is -2.10. The van der Waals surface area contributed by atoms with Gasteiger partial charge in [-0.25, -0.2) is 0 Å². The maximum atomic E-state index is 12.8. The van der Waals surface area contributed by atoms with E-state index in [2.05, 4.69) is 22.1 Å². The summed E-state index contributed by atoms with van der Waals surface area (Å²) in [6.07, 6.45) is 0. The Labute approximate surface area is 79.2 Å². The van der Waals surface area contributed by atoms with Gasteiger partial charge in [-0.05, 0) is 25.0 Å². The number of hydrogen-bond donors (Lipinski definition) is 1. The van der Waals surface area contributed by atoms with Gasteiger partial charge in [0.1, 0.15) is 0 Å². The molecule has 0 aromatic carbocycles. The summed E-state index contributed by atoms with van der Waals surface area (Å²) in [4.78, 5) is 13.8. The molecular formula is C9H6F2N2O. The fourth-order valence-corrected chi connectivity index (χ4v) is 0.772. The number of aromatic nitrogens is 1.